The standard InChI is InChI=1S/C25H23ClN6O/c1-31-24(33)14-22(21-10-11-27-16-29-21)30-25(31)32-13-12-28-23(15-32)19-4-2-17(3-5-19)18-6-8-20(26)9-7-18/h2-11,14,16,23,28H,12-13,15H2,1H3/t23-/m1/s1. The van der Waals surface area contributed by atoms with Gasteiger partial charge in [0.15, 0.2) is 0 Å². The molecule has 0 aliphatic carbocycles. The molecule has 0 saturated carbocycles. The van der Waals surface area contributed by atoms with Crippen molar-refractivity contribution in [3.05, 3.63) is 94.1 Å². The van der Waals surface area contributed by atoms with Crippen LogP contribution < -0.4 is 15.8 Å². The molecule has 0 bridgehead atoms. The van der Waals surface area contributed by atoms with E-state index in [-0.39, 0.29) is 11.6 Å². The Labute approximate surface area is 196 Å². The minimum atomic E-state index is -0.115. The minimum Gasteiger partial charge on any atom is -0.339 e. The summed E-state index contributed by atoms with van der Waals surface area (Å²) in [5.41, 5.74) is 4.53. The quantitative estimate of drug-likeness (QED) is 0.502. The first-order valence-electron chi connectivity index (χ1n) is 10.8. The molecule has 5 rings (SSSR count). The topological polar surface area (TPSA) is 75.9 Å². The van der Waals surface area contributed by atoms with Crippen molar-refractivity contribution in [1.82, 2.24) is 24.8 Å². The molecule has 3 heterocycles. The number of nitrogens with zero attached hydrogens (tertiary/aromatic N) is 5. The summed E-state index contributed by atoms with van der Waals surface area (Å²) >= 11 is 6.01. The molecule has 1 saturated heterocycles. The van der Waals surface area contributed by atoms with Crippen molar-refractivity contribution in [3.8, 4) is 22.5 Å². The molecule has 0 amide bonds. The highest BCUT2D eigenvalue weighted by Crippen LogP contribution is 2.26. The van der Waals surface area contributed by atoms with Crippen LogP contribution in [0.25, 0.3) is 22.5 Å². The van der Waals surface area contributed by atoms with Crippen LogP contribution in [0.5, 0.6) is 0 Å². The minimum absolute atomic E-state index is 0.115. The van der Waals surface area contributed by atoms with Crippen LogP contribution in [0.4, 0.5) is 5.95 Å². The predicted octanol–water partition coefficient (Wildman–Crippen LogP) is 3.71. The van der Waals surface area contributed by atoms with Crippen LogP contribution >= 0.6 is 11.6 Å². The Kier molecular flexibility index (Phi) is 5.90. The molecular formula is C25H23ClN6O. The molecule has 1 N–H and O–H groups in total. The summed E-state index contributed by atoms with van der Waals surface area (Å²) in [4.78, 5) is 27.8. The summed E-state index contributed by atoms with van der Waals surface area (Å²) < 4.78 is 1.59. The average molecular weight is 459 g/mol. The van der Waals surface area contributed by atoms with E-state index in [1.54, 1.807) is 23.9 Å². The van der Waals surface area contributed by atoms with E-state index >= 15 is 0 Å². The number of hydrogen-bond acceptors (Lipinski definition) is 6. The monoisotopic (exact) mass is 458 g/mol. The van der Waals surface area contributed by atoms with Gasteiger partial charge in [-0.2, -0.15) is 0 Å². The molecule has 0 radical (unpaired) electrons. The number of nitrogens with one attached hydrogen (secondary N) is 1. The number of halogens is 1. The van der Waals surface area contributed by atoms with Gasteiger partial charge in [0.25, 0.3) is 5.56 Å². The summed E-state index contributed by atoms with van der Waals surface area (Å²) in [5.74, 6) is 0.639. The first-order chi connectivity index (χ1) is 16.1. The van der Waals surface area contributed by atoms with E-state index < -0.39 is 0 Å². The summed E-state index contributed by atoms with van der Waals surface area (Å²) in [6.07, 6.45) is 3.11. The number of piperazine rings is 1. The van der Waals surface area contributed by atoms with Crippen molar-refractivity contribution in [2.45, 2.75) is 6.04 Å². The fourth-order valence-electron chi connectivity index (χ4n) is 4.09. The number of hydrogen-bond donors (Lipinski definition) is 1. The smallest absolute Gasteiger partial charge is 0.255 e. The van der Waals surface area contributed by atoms with Crippen LogP contribution in [0.1, 0.15) is 11.6 Å². The fourth-order valence-corrected chi connectivity index (χ4v) is 4.21. The van der Waals surface area contributed by atoms with Crippen LogP contribution in [-0.2, 0) is 7.05 Å². The maximum atomic E-state index is 12.7. The van der Waals surface area contributed by atoms with Crippen molar-refractivity contribution >= 4 is 17.5 Å². The number of anilines is 1. The third-order valence-corrected chi connectivity index (χ3v) is 6.16. The zero-order valence-corrected chi connectivity index (χ0v) is 18.9. The van der Waals surface area contributed by atoms with E-state index in [2.05, 4.69) is 44.5 Å². The lowest BCUT2D eigenvalue weighted by atomic mass is 9.99. The van der Waals surface area contributed by atoms with Gasteiger partial charge >= 0.3 is 0 Å². The Morgan fingerprint density at radius 3 is 2.42 bits per heavy atom. The Bertz CT molecular complexity index is 1310. The second-order valence-electron chi connectivity index (χ2n) is 8.01. The highest BCUT2D eigenvalue weighted by atomic mass is 35.5. The first kappa shape index (κ1) is 21.3. The fraction of sp³-hybridized carbons (Fsp3) is 0.200. The second kappa shape index (κ2) is 9.13. The molecule has 0 unspecified atom stereocenters. The first-order valence-corrected chi connectivity index (χ1v) is 11.1. The second-order valence-corrected chi connectivity index (χ2v) is 8.45. The van der Waals surface area contributed by atoms with Gasteiger partial charge in [-0.05, 0) is 34.9 Å². The molecule has 166 valence electrons. The van der Waals surface area contributed by atoms with Crippen molar-refractivity contribution in [2.24, 2.45) is 7.05 Å². The van der Waals surface area contributed by atoms with Gasteiger partial charge in [-0.3, -0.25) is 9.36 Å². The molecule has 2 aromatic carbocycles. The molecule has 8 heteroatoms. The third-order valence-electron chi connectivity index (χ3n) is 5.90. The summed E-state index contributed by atoms with van der Waals surface area (Å²) in [6, 6.07) is 19.8. The van der Waals surface area contributed by atoms with Gasteiger partial charge in [-0.25, -0.2) is 15.0 Å². The van der Waals surface area contributed by atoms with Crippen LogP contribution in [0, 0.1) is 0 Å². The molecule has 1 atom stereocenters. The molecule has 4 aromatic rings. The van der Waals surface area contributed by atoms with Gasteiger partial charge in [-0.15, -0.1) is 0 Å². The number of rotatable bonds is 4. The van der Waals surface area contributed by atoms with E-state index in [0.29, 0.717) is 23.9 Å². The molecule has 1 fully saturated rings. The molecule has 0 spiro atoms. The Morgan fingerprint density at radius 1 is 1.00 bits per heavy atom. The van der Waals surface area contributed by atoms with E-state index in [1.807, 2.05) is 24.3 Å². The maximum Gasteiger partial charge on any atom is 0.255 e. The summed E-state index contributed by atoms with van der Waals surface area (Å²) in [6.45, 7) is 2.25. The van der Waals surface area contributed by atoms with Crippen molar-refractivity contribution in [3.63, 3.8) is 0 Å². The lowest BCUT2D eigenvalue weighted by Crippen LogP contribution is -2.47. The van der Waals surface area contributed by atoms with Crippen molar-refractivity contribution < 1.29 is 0 Å². The molecule has 7 nitrogen and oxygen atoms in total. The van der Waals surface area contributed by atoms with Crippen LogP contribution in [0.15, 0.2) is 78.0 Å². The molecule has 33 heavy (non-hydrogen) atoms. The Balaban J connectivity index is 1.39. The molecule has 1 aliphatic rings. The third kappa shape index (κ3) is 4.51. The van der Waals surface area contributed by atoms with Gasteiger partial charge in [0, 0.05) is 50.0 Å². The molecule has 1 aliphatic heterocycles. The van der Waals surface area contributed by atoms with Crippen LogP contribution in [-0.4, -0.2) is 39.2 Å². The molecular weight excluding hydrogens is 436 g/mol. The maximum absolute atomic E-state index is 12.7. The predicted molar refractivity (Wildman–Crippen MR) is 130 cm³/mol. The van der Waals surface area contributed by atoms with Crippen LogP contribution in [0.2, 0.25) is 5.02 Å². The summed E-state index contributed by atoms with van der Waals surface area (Å²) in [5, 5.41) is 4.32. The van der Waals surface area contributed by atoms with E-state index in [0.717, 1.165) is 29.2 Å². The zero-order chi connectivity index (χ0) is 22.8. The Morgan fingerprint density at radius 2 is 1.73 bits per heavy atom. The van der Waals surface area contributed by atoms with Crippen molar-refractivity contribution in [2.75, 3.05) is 24.5 Å². The van der Waals surface area contributed by atoms with Gasteiger partial charge in [0.2, 0.25) is 5.95 Å². The Hall–Kier alpha value is -3.55. The zero-order valence-electron chi connectivity index (χ0n) is 18.1. The summed E-state index contributed by atoms with van der Waals surface area (Å²) in [7, 11) is 1.76. The number of benzene rings is 2. The van der Waals surface area contributed by atoms with Gasteiger partial charge < -0.3 is 10.2 Å². The van der Waals surface area contributed by atoms with E-state index in [9.17, 15) is 4.79 Å². The highest BCUT2D eigenvalue weighted by molar-refractivity contribution is 6.30. The average Bonchev–Trinajstić information content (AvgIpc) is 2.87. The van der Waals surface area contributed by atoms with E-state index in [1.165, 1.54) is 18.0 Å². The van der Waals surface area contributed by atoms with Crippen molar-refractivity contribution in [1.29, 1.82) is 0 Å². The SMILES string of the molecule is Cn1c(N2CCN[C@@H](c3ccc(-c4ccc(Cl)cc4)cc3)C2)nc(-c2ccncn2)cc1=O. The number of aromatic nitrogens is 4. The largest absolute Gasteiger partial charge is 0.339 e. The lowest BCUT2D eigenvalue weighted by Gasteiger charge is -2.35. The van der Waals surface area contributed by atoms with Crippen LogP contribution in [0.3, 0.4) is 0 Å². The highest BCUT2D eigenvalue weighted by Gasteiger charge is 2.24. The molecule has 2 aromatic heterocycles. The van der Waals surface area contributed by atoms with E-state index in [4.69, 9.17) is 16.6 Å². The van der Waals surface area contributed by atoms with Gasteiger partial charge in [-0.1, -0.05) is 48.0 Å². The lowest BCUT2D eigenvalue weighted by molar-refractivity contribution is 0.462. The normalized spacial score (nSPS) is 16.1. The van der Waals surface area contributed by atoms with Gasteiger partial charge in [0.1, 0.15) is 6.33 Å². The van der Waals surface area contributed by atoms with Gasteiger partial charge in [0.05, 0.1) is 11.4 Å².